The van der Waals surface area contributed by atoms with Crippen LogP contribution in [0.15, 0.2) is 0 Å². The Morgan fingerprint density at radius 2 is 2.20 bits per heavy atom. The minimum atomic E-state index is -1.03. The molecular weight excluding hydrogens is 212 g/mol. The number of epoxide rings is 1. The van der Waals surface area contributed by atoms with Crippen molar-refractivity contribution in [2.75, 3.05) is 26.4 Å². The molecule has 0 amide bonds. The Balaban J connectivity index is 1.88. The summed E-state index contributed by atoms with van der Waals surface area (Å²) in [4.78, 5) is 0. The van der Waals surface area contributed by atoms with Crippen LogP contribution >= 0.6 is 0 Å². The highest BCUT2D eigenvalue weighted by Gasteiger charge is 2.23. The lowest BCUT2D eigenvalue weighted by Crippen LogP contribution is -2.22. The number of ether oxygens (including phenoxy) is 2. The zero-order valence-corrected chi connectivity index (χ0v) is 10.8. The van der Waals surface area contributed by atoms with E-state index in [1.165, 1.54) is 0 Å². The maximum Gasteiger partial charge on any atom is 0.381 e. The molecule has 0 aromatic heterocycles. The summed E-state index contributed by atoms with van der Waals surface area (Å²) in [7, 11) is -1.03. The highest BCUT2D eigenvalue weighted by atomic mass is 28.3. The fourth-order valence-electron chi connectivity index (χ4n) is 1.13. The topological polar surface area (TPSA) is 40.2 Å². The zero-order chi connectivity index (χ0) is 11.1. The molecule has 15 heavy (non-hydrogen) atoms. The zero-order valence-electron chi connectivity index (χ0n) is 9.82. The van der Waals surface area contributed by atoms with Gasteiger partial charge in [0.05, 0.1) is 19.3 Å². The molecule has 1 saturated heterocycles. The summed E-state index contributed by atoms with van der Waals surface area (Å²) in [6, 6.07) is 0. The largest absolute Gasteiger partial charge is 0.394 e. The van der Waals surface area contributed by atoms with Crippen molar-refractivity contribution in [2.24, 2.45) is 0 Å². The van der Waals surface area contributed by atoms with Gasteiger partial charge in [0.2, 0.25) is 0 Å². The molecule has 0 aromatic rings. The van der Waals surface area contributed by atoms with Gasteiger partial charge in [0.1, 0.15) is 6.10 Å². The summed E-state index contributed by atoms with van der Waals surface area (Å²) in [6.45, 7) is 9.09. The normalized spacial score (nSPS) is 22.0. The first kappa shape index (κ1) is 13.1. The van der Waals surface area contributed by atoms with Gasteiger partial charge in [0.25, 0.3) is 0 Å². The van der Waals surface area contributed by atoms with Crippen LogP contribution in [0.4, 0.5) is 0 Å². The monoisotopic (exact) mass is 233 g/mol. The lowest BCUT2D eigenvalue weighted by atomic mass is 10.3. The van der Waals surface area contributed by atoms with Crippen molar-refractivity contribution in [3.8, 4) is 0 Å². The van der Waals surface area contributed by atoms with E-state index in [1.54, 1.807) is 0 Å². The van der Waals surface area contributed by atoms with Crippen LogP contribution in [-0.4, -0.2) is 47.9 Å². The van der Waals surface area contributed by atoms with Crippen molar-refractivity contribution in [2.45, 2.75) is 39.0 Å². The van der Waals surface area contributed by atoms with E-state index in [2.05, 4.69) is 6.92 Å². The number of hydrogen-bond acceptors (Lipinski definition) is 4. The average Bonchev–Trinajstić information content (AvgIpc) is 2.98. The van der Waals surface area contributed by atoms with Crippen LogP contribution in [0, 0.1) is 0 Å². The van der Waals surface area contributed by atoms with Crippen LogP contribution < -0.4 is 0 Å². The maximum atomic E-state index is 5.57. The molecule has 5 heteroatoms. The summed E-state index contributed by atoms with van der Waals surface area (Å²) in [5, 5.41) is 0. The van der Waals surface area contributed by atoms with Gasteiger partial charge in [0, 0.05) is 13.2 Å². The van der Waals surface area contributed by atoms with Crippen molar-refractivity contribution in [1.29, 1.82) is 0 Å². The molecule has 0 saturated carbocycles. The third-order valence-electron chi connectivity index (χ3n) is 2.15. The van der Waals surface area contributed by atoms with Crippen LogP contribution in [0.3, 0.4) is 0 Å². The first-order chi connectivity index (χ1) is 7.22. The third kappa shape index (κ3) is 7.02. The van der Waals surface area contributed by atoms with Crippen molar-refractivity contribution >= 4 is 9.28 Å². The Bertz CT molecular complexity index is 164. The second kappa shape index (κ2) is 7.35. The molecule has 1 aliphatic heterocycles. The molecule has 0 bridgehead atoms. The highest BCUT2D eigenvalue weighted by Crippen LogP contribution is 2.10. The third-order valence-corrected chi connectivity index (χ3v) is 3.45. The van der Waals surface area contributed by atoms with Crippen molar-refractivity contribution in [3.05, 3.63) is 0 Å². The molecule has 0 spiro atoms. The van der Waals surface area contributed by atoms with Crippen LogP contribution in [-0.2, 0) is 18.3 Å². The second-order valence-corrected chi connectivity index (χ2v) is 5.22. The predicted octanol–water partition coefficient (Wildman–Crippen LogP) is 1.35. The molecular formula is C10H21O4Si. The van der Waals surface area contributed by atoms with Gasteiger partial charge in [-0.3, -0.25) is 0 Å². The lowest BCUT2D eigenvalue weighted by molar-refractivity contribution is 0.0382. The fraction of sp³-hybridized carbons (Fsp3) is 1.00. The summed E-state index contributed by atoms with van der Waals surface area (Å²) in [5.74, 6) is 0. The van der Waals surface area contributed by atoms with E-state index >= 15 is 0 Å². The van der Waals surface area contributed by atoms with Gasteiger partial charge in [-0.2, -0.15) is 0 Å². The Labute approximate surface area is 93.7 Å². The first-order valence-electron chi connectivity index (χ1n) is 5.54. The van der Waals surface area contributed by atoms with Gasteiger partial charge < -0.3 is 18.3 Å². The first-order valence-corrected chi connectivity index (χ1v) is 7.36. The molecule has 4 nitrogen and oxygen atoms in total. The van der Waals surface area contributed by atoms with Gasteiger partial charge in [-0.05, 0) is 26.8 Å². The fourth-order valence-corrected chi connectivity index (χ4v) is 2.03. The lowest BCUT2D eigenvalue weighted by Gasteiger charge is -2.14. The Morgan fingerprint density at radius 1 is 1.47 bits per heavy atom. The molecule has 2 atom stereocenters. The van der Waals surface area contributed by atoms with E-state index in [4.69, 9.17) is 18.3 Å². The number of hydrogen-bond donors (Lipinski definition) is 0. The van der Waals surface area contributed by atoms with E-state index in [9.17, 15) is 0 Å². The summed E-state index contributed by atoms with van der Waals surface area (Å²) >= 11 is 0. The Morgan fingerprint density at radius 3 is 2.80 bits per heavy atom. The summed E-state index contributed by atoms with van der Waals surface area (Å²) in [6.07, 6.45) is 1.51. The minimum absolute atomic E-state index is 0.241. The van der Waals surface area contributed by atoms with Gasteiger partial charge in [-0.15, -0.1) is 0 Å². The number of rotatable bonds is 9. The maximum absolute atomic E-state index is 5.57. The van der Waals surface area contributed by atoms with Crippen LogP contribution in [0.1, 0.15) is 20.3 Å². The second-order valence-electron chi connectivity index (χ2n) is 3.66. The van der Waals surface area contributed by atoms with Crippen molar-refractivity contribution in [3.63, 3.8) is 0 Å². The van der Waals surface area contributed by atoms with E-state index in [-0.39, 0.29) is 6.10 Å². The predicted molar refractivity (Wildman–Crippen MR) is 59.0 cm³/mol. The highest BCUT2D eigenvalue weighted by molar-refractivity contribution is 6.42. The smallest absolute Gasteiger partial charge is 0.381 e. The molecule has 1 rings (SSSR count). The SMILES string of the molecule is CCO[Si](C)OCCC(C)OCC1CO1. The van der Waals surface area contributed by atoms with E-state index in [1.807, 2.05) is 13.5 Å². The van der Waals surface area contributed by atoms with Gasteiger partial charge in [0.15, 0.2) is 0 Å². The minimum Gasteiger partial charge on any atom is -0.394 e. The van der Waals surface area contributed by atoms with Crippen LogP contribution in [0.5, 0.6) is 0 Å². The molecule has 0 aliphatic carbocycles. The molecule has 0 N–H and O–H groups in total. The van der Waals surface area contributed by atoms with E-state index in [0.29, 0.717) is 6.10 Å². The van der Waals surface area contributed by atoms with Crippen LogP contribution in [0.25, 0.3) is 0 Å². The van der Waals surface area contributed by atoms with Crippen molar-refractivity contribution in [1.82, 2.24) is 0 Å². The molecule has 1 fully saturated rings. The Kier molecular flexibility index (Phi) is 6.43. The average molecular weight is 233 g/mol. The summed E-state index contributed by atoms with van der Waals surface area (Å²) in [5.41, 5.74) is 0. The van der Waals surface area contributed by atoms with Gasteiger partial charge >= 0.3 is 9.28 Å². The molecule has 2 unspecified atom stereocenters. The van der Waals surface area contributed by atoms with Crippen molar-refractivity contribution < 1.29 is 18.3 Å². The molecule has 89 valence electrons. The molecule has 1 radical (unpaired) electrons. The van der Waals surface area contributed by atoms with E-state index in [0.717, 1.165) is 32.8 Å². The van der Waals surface area contributed by atoms with Gasteiger partial charge in [-0.25, -0.2) is 0 Å². The molecule has 1 aliphatic rings. The van der Waals surface area contributed by atoms with Gasteiger partial charge in [-0.1, -0.05) is 0 Å². The Hall–Kier alpha value is 0.0569. The summed E-state index contributed by atoms with van der Waals surface area (Å²) < 4.78 is 21.5. The molecule has 0 aromatic carbocycles. The standard InChI is InChI=1S/C10H21O4Si/c1-4-13-15(3)14-6-5-9(2)11-7-10-8-12-10/h9-10H,4-8H2,1-3H3. The quantitative estimate of drug-likeness (QED) is 0.445. The van der Waals surface area contributed by atoms with E-state index < -0.39 is 9.28 Å². The van der Waals surface area contributed by atoms with Crippen LogP contribution in [0.2, 0.25) is 6.55 Å². The molecule has 1 heterocycles.